The smallest absolute Gasteiger partial charge is 0.270 e. The molecule has 6 heteroatoms. The Morgan fingerprint density at radius 3 is 2.78 bits per heavy atom. The van der Waals surface area contributed by atoms with Crippen molar-refractivity contribution in [3.05, 3.63) is 40.4 Å². The van der Waals surface area contributed by atoms with E-state index in [1.165, 1.54) is 11.8 Å². The Balaban J connectivity index is 2.65. The number of hydrogen-bond acceptors (Lipinski definition) is 5. The van der Waals surface area contributed by atoms with Gasteiger partial charge in [-0.1, -0.05) is 18.7 Å². The van der Waals surface area contributed by atoms with E-state index in [1.807, 2.05) is 13.0 Å². The number of nitriles is 1. The highest BCUT2D eigenvalue weighted by Crippen LogP contribution is 2.20. The summed E-state index contributed by atoms with van der Waals surface area (Å²) < 4.78 is 0. The van der Waals surface area contributed by atoms with Crippen molar-refractivity contribution in [1.29, 1.82) is 5.26 Å². The molecule has 0 aliphatic heterocycles. The van der Waals surface area contributed by atoms with Crippen LogP contribution in [0.1, 0.15) is 12.5 Å². The number of pyridine rings is 1. The van der Waals surface area contributed by atoms with E-state index in [2.05, 4.69) is 15.0 Å². The Kier molecular flexibility index (Phi) is 3.75. The van der Waals surface area contributed by atoms with E-state index in [1.54, 1.807) is 24.5 Å². The van der Waals surface area contributed by atoms with Gasteiger partial charge in [0, 0.05) is 18.0 Å². The minimum Gasteiger partial charge on any atom is -0.300 e. The van der Waals surface area contributed by atoms with Crippen molar-refractivity contribution in [2.24, 2.45) is 0 Å². The number of nitrogens with one attached hydrogen (secondary N) is 1. The molecule has 0 aromatic carbocycles. The third-order valence-corrected chi connectivity index (χ3v) is 3.00. The molecule has 0 aliphatic carbocycles. The zero-order valence-corrected chi connectivity index (χ0v) is 10.5. The number of H-pyrrole nitrogens is 1. The van der Waals surface area contributed by atoms with Crippen LogP contribution in [0.15, 0.2) is 34.5 Å². The molecule has 2 heterocycles. The molecule has 1 N–H and O–H groups in total. The van der Waals surface area contributed by atoms with Gasteiger partial charge in [-0.05, 0) is 17.9 Å². The van der Waals surface area contributed by atoms with Crippen LogP contribution >= 0.6 is 11.8 Å². The molecular formula is C12H10N4OS. The molecule has 0 radical (unpaired) electrons. The van der Waals surface area contributed by atoms with Gasteiger partial charge in [0.15, 0.2) is 5.16 Å². The molecule has 2 aromatic rings. The van der Waals surface area contributed by atoms with Crippen LogP contribution in [-0.2, 0) is 0 Å². The van der Waals surface area contributed by atoms with Crippen molar-refractivity contribution in [3.8, 4) is 17.3 Å². The number of thioether (sulfide) groups is 1. The predicted molar refractivity (Wildman–Crippen MR) is 69.2 cm³/mol. The lowest BCUT2D eigenvalue weighted by atomic mass is 10.1. The van der Waals surface area contributed by atoms with Gasteiger partial charge in [0.25, 0.3) is 5.56 Å². The first kappa shape index (κ1) is 12.3. The highest BCUT2D eigenvalue weighted by molar-refractivity contribution is 7.99. The maximum atomic E-state index is 11.8. The molecule has 18 heavy (non-hydrogen) atoms. The highest BCUT2D eigenvalue weighted by Gasteiger charge is 2.12. The van der Waals surface area contributed by atoms with Gasteiger partial charge in [-0.25, -0.2) is 4.98 Å². The molecule has 2 rings (SSSR count). The zero-order valence-electron chi connectivity index (χ0n) is 9.67. The summed E-state index contributed by atoms with van der Waals surface area (Å²) in [6.45, 7) is 1.97. The monoisotopic (exact) mass is 258 g/mol. The summed E-state index contributed by atoms with van der Waals surface area (Å²) in [6.07, 6.45) is 3.21. The van der Waals surface area contributed by atoms with Gasteiger partial charge in [0.2, 0.25) is 0 Å². The summed E-state index contributed by atoms with van der Waals surface area (Å²) in [5.41, 5.74) is 0.738. The highest BCUT2D eigenvalue weighted by atomic mass is 32.2. The Bertz CT molecular complexity index is 645. The molecule has 0 atom stereocenters. The number of nitrogens with zero attached hydrogens (tertiary/aromatic N) is 3. The molecule has 0 saturated carbocycles. The van der Waals surface area contributed by atoms with Crippen LogP contribution in [-0.4, -0.2) is 20.7 Å². The minimum absolute atomic E-state index is 0.0293. The fourth-order valence-corrected chi connectivity index (χ4v) is 2.07. The molecule has 5 nitrogen and oxygen atoms in total. The summed E-state index contributed by atoms with van der Waals surface area (Å²) in [6, 6.07) is 5.35. The summed E-state index contributed by atoms with van der Waals surface area (Å²) in [5.74, 6) is 0.796. The van der Waals surface area contributed by atoms with Gasteiger partial charge in [-0.15, -0.1) is 0 Å². The van der Waals surface area contributed by atoms with Crippen LogP contribution in [0.5, 0.6) is 0 Å². The SMILES string of the molecule is CCSc1nc(-c2ccncc2)c(C#N)c(=O)[nH]1. The second kappa shape index (κ2) is 5.47. The summed E-state index contributed by atoms with van der Waals surface area (Å²) in [7, 11) is 0. The summed E-state index contributed by atoms with van der Waals surface area (Å²) >= 11 is 1.43. The maximum absolute atomic E-state index is 11.8. The average Bonchev–Trinajstić information content (AvgIpc) is 2.39. The second-order valence-corrected chi connectivity index (χ2v) is 4.63. The largest absolute Gasteiger partial charge is 0.300 e. The third kappa shape index (κ3) is 2.41. The van der Waals surface area contributed by atoms with Crippen LogP contribution in [0.3, 0.4) is 0 Å². The molecule has 0 fully saturated rings. The lowest BCUT2D eigenvalue weighted by Crippen LogP contribution is -2.14. The van der Waals surface area contributed by atoms with Gasteiger partial charge in [0.1, 0.15) is 11.6 Å². The van der Waals surface area contributed by atoms with Crippen molar-refractivity contribution >= 4 is 11.8 Å². The van der Waals surface area contributed by atoms with E-state index in [0.717, 1.165) is 5.75 Å². The lowest BCUT2D eigenvalue weighted by molar-refractivity contribution is 0.935. The van der Waals surface area contributed by atoms with E-state index in [0.29, 0.717) is 16.4 Å². The first-order valence-electron chi connectivity index (χ1n) is 5.34. The Morgan fingerprint density at radius 1 is 1.44 bits per heavy atom. The standard InChI is InChI=1S/C12H10N4OS/c1-2-18-12-15-10(8-3-5-14-6-4-8)9(7-13)11(17)16-12/h3-6H,2H2,1H3,(H,15,16,17). The zero-order chi connectivity index (χ0) is 13.0. The molecular weight excluding hydrogens is 248 g/mol. The molecule has 0 saturated heterocycles. The van der Waals surface area contributed by atoms with Gasteiger partial charge in [-0.3, -0.25) is 9.78 Å². The topological polar surface area (TPSA) is 82.4 Å². The number of aromatic nitrogens is 3. The number of rotatable bonds is 3. The van der Waals surface area contributed by atoms with Crippen molar-refractivity contribution in [1.82, 2.24) is 15.0 Å². The van der Waals surface area contributed by atoms with E-state index in [9.17, 15) is 4.79 Å². The normalized spacial score (nSPS) is 10.0. The number of hydrogen-bond donors (Lipinski definition) is 1. The Labute approximate surface area is 108 Å². The van der Waals surface area contributed by atoms with Crippen LogP contribution in [0.4, 0.5) is 0 Å². The lowest BCUT2D eigenvalue weighted by Gasteiger charge is -2.05. The molecule has 2 aromatic heterocycles. The summed E-state index contributed by atoms with van der Waals surface area (Å²) in [5, 5.41) is 9.57. The molecule has 0 aliphatic rings. The summed E-state index contributed by atoms with van der Waals surface area (Å²) in [4.78, 5) is 22.6. The fraction of sp³-hybridized carbons (Fsp3) is 0.167. The van der Waals surface area contributed by atoms with Gasteiger partial charge in [0.05, 0.1) is 5.69 Å². The minimum atomic E-state index is -0.407. The van der Waals surface area contributed by atoms with E-state index >= 15 is 0 Å². The van der Waals surface area contributed by atoms with Gasteiger partial charge >= 0.3 is 0 Å². The average molecular weight is 258 g/mol. The van der Waals surface area contributed by atoms with Crippen LogP contribution in [0, 0.1) is 11.3 Å². The maximum Gasteiger partial charge on any atom is 0.270 e. The van der Waals surface area contributed by atoms with Crippen LogP contribution in [0.2, 0.25) is 0 Å². The predicted octanol–water partition coefficient (Wildman–Crippen LogP) is 1.82. The van der Waals surface area contributed by atoms with Gasteiger partial charge in [-0.2, -0.15) is 5.26 Å². The van der Waals surface area contributed by atoms with Crippen molar-refractivity contribution in [2.45, 2.75) is 12.1 Å². The Hall–Kier alpha value is -2.13. The van der Waals surface area contributed by atoms with E-state index < -0.39 is 5.56 Å². The van der Waals surface area contributed by atoms with Gasteiger partial charge < -0.3 is 4.98 Å². The number of aromatic amines is 1. The second-order valence-electron chi connectivity index (χ2n) is 3.38. The van der Waals surface area contributed by atoms with Crippen LogP contribution in [0.25, 0.3) is 11.3 Å². The molecule has 0 bridgehead atoms. The van der Waals surface area contributed by atoms with Crippen molar-refractivity contribution < 1.29 is 0 Å². The molecule has 0 spiro atoms. The quantitative estimate of drug-likeness (QED) is 0.670. The van der Waals surface area contributed by atoms with Crippen molar-refractivity contribution in [2.75, 3.05) is 5.75 Å². The van der Waals surface area contributed by atoms with Crippen LogP contribution < -0.4 is 5.56 Å². The molecule has 90 valence electrons. The third-order valence-electron chi connectivity index (χ3n) is 2.24. The Morgan fingerprint density at radius 2 is 2.17 bits per heavy atom. The van der Waals surface area contributed by atoms with Crippen molar-refractivity contribution in [3.63, 3.8) is 0 Å². The van der Waals surface area contributed by atoms with E-state index in [4.69, 9.17) is 5.26 Å². The first-order chi connectivity index (χ1) is 8.76. The first-order valence-corrected chi connectivity index (χ1v) is 6.32. The molecule has 0 amide bonds. The molecule has 0 unspecified atom stereocenters. The van der Waals surface area contributed by atoms with E-state index in [-0.39, 0.29) is 5.56 Å². The fourth-order valence-electron chi connectivity index (χ4n) is 1.48.